The highest BCUT2D eigenvalue weighted by atomic mass is 16.4. The molecule has 0 aromatic rings. The van der Waals surface area contributed by atoms with Crippen LogP contribution in [0.4, 0.5) is 0 Å². The summed E-state index contributed by atoms with van der Waals surface area (Å²) in [5.74, 6) is -3.24. The molecular weight excluding hydrogens is 228 g/mol. The van der Waals surface area contributed by atoms with E-state index >= 15 is 0 Å². The van der Waals surface area contributed by atoms with Crippen LogP contribution in [-0.2, 0) is 14.4 Å². The molecule has 0 aromatic carbocycles. The van der Waals surface area contributed by atoms with E-state index in [-0.39, 0.29) is 0 Å². The average Bonchev–Trinajstić information content (AvgIpc) is 2.23. The summed E-state index contributed by atoms with van der Waals surface area (Å²) >= 11 is 0. The lowest BCUT2D eigenvalue weighted by atomic mass is 10.1. The van der Waals surface area contributed by atoms with E-state index < -0.39 is 36.4 Å². The van der Waals surface area contributed by atoms with Gasteiger partial charge in [0.05, 0.1) is 12.5 Å². The van der Waals surface area contributed by atoms with Crippen molar-refractivity contribution in [1.82, 2.24) is 10.6 Å². The summed E-state index contributed by atoms with van der Waals surface area (Å²) in [4.78, 5) is 32.7. The van der Waals surface area contributed by atoms with E-state index in [2.05, 4.69) is 17.2 Å². The summed E-state index contributed by atoms with van der Waals surface area (Å²) in [6.07, 6.45) is 1.17. The van der Waals surface area contributed by atoms with Gasteiger partial charge >= 0.3 is 11.9 Å². The number of hydrogen-bond acceptors (Lipinski definition) is 4. The van der Waals surface area contributed by atoms with Gasteiger partial charge in [0.2, 0.25) is 5.91 Å². The van der Waals surface area contributed by atoms with E-state index in [0.29, 0.717) is 6.42 Å². The lowest BCUT2D eigenvalue weighted by Crippen LogP contribution is -2.49. The highest BCUT2D eigenvalue weighted by Crippen LogP contribution is 1.97. The minimum absolute atomic E-state index is 0.321. The highest BCUT2D eigenvalue weighted by molar-refractivity contribution is 5.89. The first-order valence-electron chi connectivity index (χ1n) is 4.95. The molecule has 4 N–H and O–H groups in total. The lowest BCUT2D eigenvalue weighted by Gasteiger charge is -2.17. The molecule has 0 saturated carbocycles. The number of hydrogen-bond donors (Lipinski definition) is 4. The Bertz CT molecular complexity index is 316. The molecule has 17 heavy (non-hydrogen) atoms. The fourth-order valence-corrected chi connectivity index (χ4v) is 1.17. The quantitative estimate of drug-likeness (QED) is 0.415. The van der Waals surface area contributed by atoms with Crippen LogP contribution >= 0.6 is 0 Å². The van der Waals surface area contributed by atoms with Gasteiger partial charge < -0.3 is 20.8 Å². The van der Waals surface area contributed by atoms with E-state index in [9.17, 15) is 14.4 Å². The SMILES string of the molecule is C=CCC(NC)C(=O)NC(CC(=O)O)C(=O)O. The van der Waals surface area contributed by atoms with Crippen LogP contribution in [0.25, 0.3) is 0 Å². The third-order valence-electron chi connectivity index (χ3n) is 2.06. The molecule has 0 saturated heterocycles. The zero-order valence-corrected chi connectivity index (χ0v) is 9.47. The van der Waals surface area contributed by atoms with Gasteiger partial charge in [0.1, 0.15) is 6.04 Å². The standard InChI is InChI=1S/C10H16N2O5/c1-3-4-6(11-2)9(15)12-7(10(16)17)5-8(13)14/h3,6-7,11H,1,4-5H2,2H3,(H,12,15)(H,13,14)(H,16,17). The van der Waals surface area contributed by atoms with Crippen LogP contribution in [0.1, 0.15) is 12.8 Å². The second kappa shape index (κ2) is 7.39. The van der Waals surface area contributed by atoms with Crippen molar-refractivity contribution in [2.24, 2.45) is 0 Å². The second-order valence-electron chi connectivity index (χ2n) is 3.36. The van der Waals surface area contributed by atoms with Crippen LogP contribution in [0.3, 0.4) is 0 Å². The molecule has 2 atom stereocenters. The Balaban J connectivity index is 4.52. The van der Waals surface area contributed by atoms with Crippen molar-refractivity contribution in [3.63, 3.8) is 0 Å². The number of likely N-dealkylation sites (N-methyl/N-ethyl adjacent to an activating group) is 1. The Hall–Kier alpha value is -1.89. The maximum atomic E-state index is 11.6. The molecular formula is C10H16N2O5. The van der Waals surface area contributed by atoms with Gasteiger partial charge in [-0.05, 0) is 13.5 Å². The first-order valence-corrected chi connectivity index (χ1v) is 4.95. The smallest absolute Gasteiger partial charge is 0.326 e. The zero-order chi connectivity index (χ0) is 13.4. The zero-order valence-electron chi connectivity index (χ0n) is 9.47. The molecule has 0 aliphatic carbocycles. The van der Waals surface area contributed by atoms with E-state index in [1.807, 2.05) is 0 Å². The van der Waals surface area contributed by atoms with Gasteiger partial charge in [-0.15, -0.1) is 6.58 Å². The van der Waals surface area contributed by atoms with Crippen molar-refractivity contribution in [2.75, 3.05) is 7.05 Å². The summed E-state index contributed by atoms with van der Waals surface area (Å²) in [5, 5.41) is 22.1. The van der Waals surface area contributed by atoms with Crippen LogP contribution in [0.15, 0.2) is 12.7 Å². The molecule has 0 radical (unpaired) electrons. The molecule has 7 heteroatoms. The summed E-state index contributed by atoms with van der Waals surface area (Å²) in [6.45, 7) is 3.46. The van der Waals surface area contributed by atoms with Crippen molar-refractivity contribution >= 4 is 17.8 Å². The van der Waals surface area contributed by atoms with Gasteiger partial charge in [0.15, 0.2) is 0 Å². The number of nitrogens with one attached hydrogen (secondary N) is 2. The fraction of sp³-hybridized carbons (Fsp3) is 0.500. The van der Waals surface area contributed by atoms with Crippen LogP contribution in [0, 0.1) is 0 Å². The fourth-order valence-electron chi connectivity index (χ4n) is 1.17. The van der Waals surface area contributed by atoms with Gasteiger partial charge in [-0.2, -0.15) is 0 Å². The largest absolute Gasteiger partial charge is 0.481 e. The molecule has 7 nitrogen and oxygen atoms in total. The molecule has 2 unspecified atom stereocenters. The summed E-state index contributed by atoms with van der Waals surface area (Å²) in [7, 11) is 1.54. The first kappa shape index (κ1) is 15.1. The number of amides is 1. The number of carboxylic acid groups (broad SMARTS) is 2. The molecule has 0 bridgehead atoms. The van der Waals surface area contributed by atoms with E-state index in [0.717, 1.165) is 0 Å². The van der Waals surface area contributed by atoms with E-state index in [1.54, 1.807) is 7.05 Å². The van der Waals surface area contributed by atoms with Crippen LogP contribution in [0.5, 0.6) is 0 Å². The summed E-state index contributed by atoms with van der Waals surface area (Å²) in [6, 6.07) is -2.05. The number of aliphatic carboxylic acids is 2. The Labute approximate surface area is 98.5 Å². The lowest BCUT2D eigenvalue weighted by molar-refractivity contribution is -0.147. The first-order chi connectivity index (χ1) is 7.92. The number of rotatable bonds is 8. The minimum Gasteiger partial charge on any atom is -0.481 e. The molecule has 96 valence electrons. The molecule has 0 rings (SSSR count). The molecule has 0 aliphatic rings. The second-order valence-corrected chi connectivity index (χ2v) is 3.36. The normalized spacial score (nSPS) is 13.5. The number of carbonyl (C=O) groups excluding carboxylic acids is 1. The Morgan fingerprint density at radius 3 is 2.24 bits per heavy atom. The Kier molecular flexibility index (Phi) is 6.57. The maximum absolute atomic E-state index is 11.6. The molecule has 0 heterocycles. The number of carbonyl (C=O) groups is 3. The van der Waals surface area contributed by atoms with Crippen molar-refractivity contribution in [3.05, 3.63) is 12.7 Å². The van der Waals surface area contributed by atoms with Gasteiger partial charge in [-0.1, -0.05) is 6.08 Å². The summed E-state index contributed by atoms with van der Waals surface area (Å²) < 4.78 is 0. The van der Waals surface area contributed by atoms with Crippen molar-refractivity contribution in [1.29, 1.82) is 0 Å². The topological polar surface area (TPSA) is 116 Å². The highest BCUT2D eigenvalue weighted by Gasteiger charge is 2.25. The monoisotopic (exact) mass is 244 g/mol. The average molecular weight is 244 g/mol. The van der Waals surface area contributed by atoms with E-state index in [4.69, 9.17) is 10.2 Å². The maximum Gasteiger partial charge on any atom is 0.326 e. The Morgan fingerprint density at radius 1 is 1.29 bits per heavy atom. The number of carboxylic acids is 2. The van der Waals surface area contributed by atoms with Crippen LogP contribution in [-0.4, -0.2) is 47.2 Å². The van der Waals surface area contributed by atoms with Crippen molar-refractivity contribution < 1.29 is 24.6 Å². The predicted molar refractivity (Wildman–Crippen MR) is 59.5 cm³/mol. The molecule has 0 fully saturated rings. The molecule has 0 spiro atoms. The summed E-state index contributed by atoms with van der Waals surface area (Å²) in [5.41, 5.74) is 0. The van der Waals surface area contributed by atoms with Crippen LogP contribution < -0.4 is 10.6 Å². The molecule has 1 amide bonds. The van der Waals surface area contributed by atoms with E-state index in [1.165, 1.54) is 6.08 Å². The third kappa shape index (κ3) is 5.67. The predicted octanol–water partition coefficient (Wildman–Crippen LogP) is -0.805. The molecule has 0 aliphatic heterocycles. The van der Waals surface area contributed by atoms with Crippen molar-refractivity contribution in [2.45, 2.75) is 24.9 Å². The van der Waals surface area contributed by atoms with Crippen molar-refractivity contribution in [3.8, 4) is 0 Å². The molecule has 0 aromatic heterocycles. The third-order valence-corrected chi connectivity index (χ3v) is 2.06. The minimum atomic E-state index is -1.43. The van der Waals surface area contributed by atoms with Gasteiger partial charge in [0.25, 0.3) is 0 Å². The Morgan fingerprint density at radius 2 is 1.88 bits per heavy atom. The van der Waals surface area contributed by atoms with Gasteiger partial charge in [-0.3, -0.25) is 9.59 Å². The van der Waals surface area contributed by atoms with Crippen LogP contribution in [0.2, 0.25) is 0 Å². The van der Waals surface area contributed by atoms with Gasteiger partial charge in [0, 0.05) is 0 Å². The van der Waals surface area contributed by atoms with Gasteiger partial charge in [-0.25, -0.2) is 4.79 Å².